The van der Waals surface area contributed by atoms with E-state index in [0.717, 1.165) is 96.3 Å². The van der Waals surface area contributed by atoms with Crippen LogP contribution in [0.4, 0.5) is 0 Å². The molecule has 0 aromatic rings. The van der Waals surface area contributed by atoms with E-state index in [4.69, 9.17) is 42.2 Å². The van der Waals surface area contributed by atoms with E-state index in [1.165, 1.54) is 135 Å². The Morgan fingerprint density at radius 1 is 0.388 bits per heavy atom. The summed E-state index contributed by atoms with van der Waals surface area (Å²) in [6.45, 7) is 8.10. The van der Waals surface area contributed by atoms with Crippen LogP contribution in [0, 0.1) is 11.8 Å². The van der Waals surface area contributed by atoms with Gasteiger partial charge in [0, 0.05) is 19.3 Å². The van der Waals surface area contributed by atoms with Crippen LogP contribution in [0.1, 0.15) is 304 Å². The Labute approximate surface area is 587 Å². The molecule has 2 saturated heterocycles. The predicted octanol–water partition coefficient (Wildman–Crippen LogP) is 10.7. The summed E-state index contributed by atoms with van der Waals surface area (Å²) in [6, 6.07) is 0. The topological polar surface area (TPSA) is 374 Å². The van der Waals surface area contributed by atoms with Gasteiger partial charge in [-0.3, -0.25) is 23.4 Å². The lowest BCUT2D eigenvalue weighted by atomic mass is 9.84. The van der Waals surface area contributed by atoms with Gasteiger partial charge < -0.3 is 89.1 Å². The van der Waals surface area contributed by atoms with E-state index < -0.39 is 156 Å². The molecule has 1 aliphatic carbocycles. The molecule has 3 aliphatic rings. The van der Waals surface area contributed by atoms with Crippen LogP contribution in [0.5, 0.6) is 0 Å². The minimum atomic E-state index is -5.70. The van der Waals surface area contributed by atoms with Crippen LogP contribution in [0.3, 0.4) is 0 Å². The van der Waals surface area contributed by atoms with Gasteiger partial charge in [0.25, 0.3) is 0 Å². The number of carbonyl (C=O) groups excluding carboxylic acids is 3. The zero-order chi connectivity index (χ0) is 72.1. The quantitative estimate of drug-likeness (QED) is 0.0117. The molecule has 0 aromatic carbocycles. The third kappa shape index (κ3) is 37.1. The van der Waals surface area contributed by atoms with Gasteiger partial charge in [-0.05, 0) is 31.1 Å². The Morgan fingerprint density at radius 3 is 1.10 bits per heavy atom. The number of aliphatic hydroxyl groups excluding tert-OH is 10. The average molecular weight is 1430 g/mol. The molecular weight excluding hydrogens is 1290 g/mol. The molecule has 20 atom stereocenters. The first-order valence-corrected chi connectivity index (χ1v) is 40.1. The van der Waals surface area contributed by atoms with Gasteiger partial charge in [0.2, 0.25) is 0 Å². The first-order valence-electron chi connectivity index (χ1n) is 38.6. The number of esters is 3. The van der Waals surface area contributed by atoms with Crippen molar-refractivity contribution < 1.29 is 117 Å². The Morgan fingerprint density at radius 2 is 0.714 bits per heavy atom. The van der Waals surface area contributed by atoms with E-state index in [0.29, 0.717) is 31.1 Å². The lowest BCUT2D eigenvalue weighted by Crippen LogP contribution is -2.69. The number of hydrogen-bond acceptors (Lipinski definition) is 23. The van der Waals surface area contributed by atoms with Crippen molar-refractivity contribution in [1.29, 1.82) is 0 Å². The smallest absolute Gasteiger partial charge is 0.463 e. The summed E-state index contributed by atoms with van der Waals surface area (Å²) in [6.07, 6.45) is 7.54. The monoisotopic (exact) mass is 1430 g/mol. The molecule has 578 valence electrons. The number of phosphoric ester groups is 1. The number of phosphoric acid groups is 1. The van der Waals surface area contributed by atoms with Crippen LogP contribution in [-0.2, 0) is 61.2 Å². The van der Waals surface area contributed by atoms with Crippen LogP contribution in [0.25, 0.3) is 0 Å². The maximum atomic E-state index is 14.4. The highest BCUT2D eigenvalue weighted by atomic mass is 31.2. The minimum absolute atomic E-state index is 0.0319. The molecule has 2 heterocycles. The molecule has 11 N–H and O–H groups in total. The second-order valence-electron chi connectivity index (χ2n) is 28.6. The molecule has 3 fully saturated rings. The Hall–Kier alpha value is -2.04. The minimum Gasteiger partial charge on any atom is -0.463 e. The highest BCUT2D eigenvalue weighted by molar-refractivity contribution is 7.47. The fraction of sp³-hybridized carbons (Fsp3) is 0.959. The molecule has 0 amide bonds. The summed E-state index contributed by atoms with van der Waals surface area (Å²) in [4.78, 5) is 51.1. The SMILES string of the molecule is CCCCCCCCCCCCCC(=O)OCC1OC(OC2C(O)C(O)C(O)C(OC3OC(CO)C(O)C(O)C3O)C2OP(=O)(O)OCC(COC(=O)CCCCCCCCC(C)CCCCCCCC)OC(=O)CCCCCCCCC(C)CCCCCCCC)C(O)C(O)C1O. The molecular formula is C73H137O24P. The molecule has 25 heteroatoms. The Balaban J connectivity index is 1.75. The number of carbonyl (C=O) groups is 3. The van der Waals surface area contributed by atoms with Gasteiger partial charge in [0.05, 0.1) is 13.2 Å². The molecule has 0 spiro atoms. The van der Waals surface area contributed by atoms with E-state index >= 15 is 0 Å². The number of unbranched alkanes of at least 4 members (excludes halogenated alkanes) is 30. The fourth-order valence-electron chi connectivity index (χ4n) is 13.2. The van der Waals surface area contributed by atoms with Crippen molar-refractivity contribution in [2.24, 2.45) is 11.8 Å². The van der Waals surface area contributed by atoms with Crippen molar-refractivity contribution in [2.75, 3.05) is 26.4 Å². The molecule has 24 nitrogen and oxygen atoms in total. The normalized spacial score (nSPS) is 28.2. The molecule has 20 unspecified atom stereocenters. The second kappa shape index (κ2) is 53.7. The molecule has 0 aromatic heterocycles. The summed E-state index contributed by atoms with van der Waals surface area (Å²) in [5, 5.41) is 110. The molecule has 3 rings (SSSR count). The van der Waals surface area contributed by atoms with Crippen molar-refractivity contribution in [3.8, 4) is 0 Å². The van der Waals surface area contributed by atoms with Gasteiger partial charge in [-0.2, -0.15) is 0 Å². The number of hydrogen-bond donors (Lipinski definition) is 11. The van der Waals surface area contributed by atoms with Gasteiger partial charge in [-0.25, -0.2) is 4.57 Å². The Kier molecular flexibility index (Phi) is 49.4. The maximum absolute atomic E-state index is 14.4. The lowest BCUT2D eigenvalue weighted by Gasteiger charge is -2.49. The van der Waals surface area contributed by atoms with Crippen LogP contribution >= 0.6 is 7.82 Å². The molecule has 1 saturated carbocycles. The third-order valence-corrected chi connectivity index (χ3v) is 20.7. The fourth-order valence-corrected chi connectivity index (χ4v) is 14.2. The summed E-state index contributed by atoms with van der Waals surface area (Å²) < 4.78 is 65.1. The summed E-state index contributed by atoms with van der Waals surface area (Å²) in [7, 11) is -5.70. The van der Waals surface area contributed by atoms with Gasteiger partial charge in [-0.1, -0.05) is 266 Å². The van der Waals surface area contributed by atoms with E-state index in [2.05, 4.69) is 34.6 Å². The van der Waals surface area contributed by atoms with Crippen molar-refractivity contribution in [3.63, 3.8) is 0 Å². The molecule has 98 heavy (non-hydrogen) atoms. The van der Waals surface area contributed by atoms with Crippen molar-refractivity contribution in [3.05, 3.63) is 0 Å². The highest BCUT2D eigenvalue weighted by Gasteiger charge is 2.58. The van der Waals surface area contributed by atoms with Gasteiger partial charge in [-0.15, -0.1) is 0 Å². The zero-order valence-corrected chi connectivity index (χ0v) is 61.6. The van der Waals surface area contributed by atoms with Gasteiger partial charge in [0.1, 0.15) is 98.7 Å². The Bertz CT molecular complexity index is 2060. The zero-order valence-electron chi connectivity index (χ0n) is 60.7. The van der Waals surface area contributed by atoms with Gasteiger partial charge in [0.15, 0.2) is 18.7 Å². The first kappa shape index (κ1) is 90.2. The third-order valence-electron chi connectivity index (χ3n) is 19.7. The maximum Gasteiger partial charge on any atom is 0.472 e. The van der Waals surface area contributed by atoms with E-state index in [1.54, 1.807) is 0 Å². The van der Waals surface area contributed by atoms with Gasteiger partial charge >= 0.3 is 25.7 Å². The summed E-state index contributed by atoms with van der Waals surface area (Å²) in [5.41, 5.74) is 0. The van der Waals surface area contributed by atoms with E-state index in [1.807, 2.05) is 0 Å². The second-order valence-corrected chi connectivity index (χ2v) is 30.0. The molecule has 0 radical (unpaired) electrons. The van der Waals surface area contributed by atoms with Crippen molar-refractivity contribution in [1.82, 2.24) is 0 Å². The average Bonchev–Trinajstić information content (AvgIpc) is 0.762. The molecule has 2 aliphatic heterocycles. The van der Waals surface area contributed by atoms with Crippen molar-refractivity contribution in [2.45, 2.75) is 408 Å². The highest BCUT2D eigenvalue weighted by Crippen LogP contribution is 2.49. The number of ether oxygens (including phenoxy) is 7. The van der Waals surface area contributed by atoms with Crippen LogP contribution in [0.15, 0.2) is 0 Å². The summed E-state index contributed by atoms with van der Waals surface area (Å²) in [5.74, 6) is -0.602. The van der Waals surface area contributed by atoms with Crippen molar-refractivity contribution >= 4 is 25.7 Å². The first-order chi connectivity index (χ1) is 47.1. The van der Waals surface area contributed by atoms with E-state index in [-0.39, 0.29) is 19.3 Å². The number of rotatable bonds is 59. The summed E-state index contributed by atoms with van der Waals surface area (Å²) >= 11 is 0. The lowest BCUT2D eigenvalue weighted by molar-refractivity contribution is -0.360. The predicted molar refractivity (Wildman–Crippen MR) is 370 cm³/mol. The van der Waals surface area contributed by atoms with Crippen LogP contribution in [-0.4, -0.2) is 204 Å². The number of aliphatic hydroxyl groups is 10. The van der Waals surface area contributed by atoms with Crippen LogP contribution in [0.2, 0.25) is 0 Å². The standard InChI is InChI=1S/C73H137O24P/c1-6-9-12-15-18-19-20-21-22-31-39-46-58(76)90-51-56-61(79)63(81)68(86)73(94-56)96-70-66(84)64(82)65(83)69(95-72-67(85)62(80)60(78)55(48-74)93-72)71(70)97-98(87,88)91-50-54(92-59(77)47-40-33-26-24-30-37-44-53(5)42-35-28-17-14-11-8-3)49-89-57(75)45-38-32-25-23-29-36-43-52(4)41-34-27-16-13-10-7-2/h52-56,60-74,78-86H,6-51H2,1-5H3,(H,87,88). The molecule has 0 bridgehead atoms. The largest absolute Gasteiger partial charge is 0.472 e. The van der Waals surface area contributed by atoms with Crippen LogP contribution < -0.4 is 0 Å². The van der Waals surface area contributed by atoms with E-state index in [9.17, 15) is 74.9 Å².